The Bertz CT molecular complexity index is 596. The van der Waals surface area contributed by atoms with E-state index in [1.54, 1.807) is 13.3 Å². The van der Waals surface area contributed by atoms with Crippen molar-refractivity contribution in [3.8, 4) is 11.5 Å². The average Bonchev–Trinajstić information content (AvgIpc) is 2.96. The fourth-order valence-corrected chi connectivity index (χ4v) is 2.62. The number of ether oxygens (including phenoxy) is 2. The van der Waals surface area contributed by atoms with Gasteiger partial charge in [-0.3, -0.25) is 4.98 Å². The lowest BCUT2D eigenvalue weighted by Crippen LogP contribution is -1.96. The smallest absolute Gasteiger partial charge is 0.133 e. The molecule has 1 aromatic heterocycles. The van der Waals surface area contributed by atoms with Gasteiger partial charge >= 0.3 is 0 Å². The van der Waals surface area contributed by atoms with E-state index in [9.17, 15) is 0 Å². The minimum atomic E-state index is 0.206. The SMILES string of the molecule is CC.COC1CCc2c(Oc3ccncc3C)cccc21. The number of pyridine rings is 1. The van der Waals surface area contributed by atoms with Crippen LogP contribution >= 0.6 is 0 Å². The van der Waals surface area contributed by atoms with Crippen molar-refractivity contribution in [1.29, 1.82) is 0 Å². The van der Waals surface area contributed by atoms with Gasteiger partial charge in [-0.15, -0.1) is 0 Å². The molecule has 0 amide bonds. The summed E-state index contributed by atoms with van der Waals surface area (Å²) in [6.07, 6.45) is 5.81. The van der Waals surface area contributed by atoms with E-state index in [0.29, 0.717) is 0 Å². The predicted octanol–water partition coefficient (Wildman–Crippen LogP) is 4.84. The Balaban J connectivity index is 0.000000774. The zero-order valence-corrected chi connectivity index (χ0v) is 13.2. The number of hydrogen-bond acceptors (Lipinski definition) is 3. The van der Waals surface area contributed by atoms with Crippen molar-refractivity contribution < 1.29 is 9.47 Å². The van der Waals surface area contributed by atoms with Crippen LogP contribution in [0.15, 0.2) is 36.7 Å². The highest BCUT2D eigenvalue weighted by atomic mass is 16.5. The number of aromatic nitrogens is 1. The zero-order valence-electron chi connectivity index (χ0n) is 13.2. The molecule has 0 radical (unpaired) electrons. The van der Waals surface area contributed by atoms with E-state index in [4.69, 9.17) is 9.47 Å². The standard InChI is InChI=1S/C16H17NO2.C2H6/c1-11-10-17-9-8-14(11)19-16-5-3-4-12-13(16)6-7-15(12)18-2;1-2/h3-5,8-10,15H,6-7H2,1-2H3;1-2H3. The molecule has 3 heteroatoms. The van der Waals surface area contributed by atoms with Crippen molar-refractivity contribution in [2.24, 2.45) is 0 Å². The largest absolute Gasteiger partial charge is 0.457 e. The average molecular weight is 285 g/mol. The first-order chi connectivity index (χ1) is 10.3. The van der Waals surface area contributed by atoms with Crippen molar-refractivity contribution >= 4 is 0 Å². The van der Waals surface area contributed by atoms with Gasteiger partial charge in [-0.2, -0.15) is 0 Å². The summed E-state index contributed by atoms with van der Waals surface area (Å²) in [7, 11) is 1.76. The van der Waals surface area contributed by atoms with E-state index in [2.05, 4.69) is 11.1 Å². The first kappa shape index (κ1) is 15.5. The number of aryl methyl sites for hydroxylation is 1. The van der Waals surface area contributed by atoms with Crippen LogP contribution in [0.2, 0.25) is 0 Å². The molecule has 0 bridgehead atoms. The van der Waals surface area contributed by atoms with Crippen LogP contribution in [0.5, 0.6) is 11.5 Å². The van der Waals surface area contributed by atoms with Gasteiger partial charge in [-0.05, 0) is 37.5 Å². The van der Waals surface area contributed by atoms with Crippen LogP contribution in [0.25, 0.3) is 0 Å². The normalized spacial score (nSPS) is 15.9. The topological polar surface area (TPSA) is 31.4 Å². The van der Waals surface area contributed by atoms with Crippen molar-refractivity contribution in [3.05, 3.63) is 53.3 Å². The minimum absolute atomic E-state index is 0.206. The Morgan fingerprint density at radius 3 is 2.67 bits per heavy atom. The molecule has 1 atom stereocenters. The van der Waals surface area contributed by atoms with Crippen molar-refractivity contribution in [2.45, 2.75) is 39.7 Å². The maximum absolute atomic E-state index is 6.05. The molecule has 3 rings (SSSR count). The Morgan fingerprint density at radius 2 is 1.95 bits per heavy atom. The summed E-state index contributed by atoms with van der Waals surface area (Å²) in [6.45, 7) is 6.00. The van der Waals surface area contributed by atoms with E-state index in [1.165, 1.54) is 11.1 Å². The Kier molecular flexibility index (Phi) is 5.34. The first-order valence-corrected chi connectivity index (χ1v) is 7.52. The fourth-order valence-electron chi connectivity index (χ4n) is 2.62. The van der Waals surface area contributed by atoms with Crippen LogP contribution in [0.4, 0.5) is 0 Å². The van der Waals surface area contributed by atoms with Gasteiger partial charge in [0.2, 0.25) is 0 Å². The molecule has 0 N–H and O–H groups in total. The molecule has 1 heterocycles. The van der Waals surface area contributed by atoms with E-state index in [1.807, 2.05) is 45.2 Å². The molecule has 3 nitrogen and oxygen atoms in total. The number of methoxy groups -OCH3 is 1. The molecule has 2 aromatic rings. The third kappa shape index (κ3) is 3.24. The van der Waals surface area contributed by atoms with Gasteiger partial charge in [0.05, 0.1) is 6.10 Å². The quantitative estimate of drug-likeness (QED) is 0.808. The highest BCUT2D eigenvalue weighted by Gasteiger charge is 2.25. The lowest BCUT2D eigenvalue weighted by molar-refractivity contribution is 0.105. The Labute approximate surface area is 126 Å². The molecule has 0 saturated carbocycles. The van der Waals surface area contributed by atoms with Gasteiger partial charge < -0.3 is 9.47 Å². The van der Waals surface area contributed by atoms with E-state index < -0.39 is 0 Å². The summed E-state index contributed by atoms with van der Waals surface area (Å²) in [4.78, 5) is 4.08. The van der Waals surface area contributed by atoms with Gasteiger partial charge in [-0.1, -0.05) is 26.0 Å². The molecule has 1 unspecified atom stereocenters. The minimum Gasteiger partial charge on any atom is -0.457 e. The molecule has 0 spiro atoms. The molecule has 0 aliphatic heterocycles. The molecule has 1 aromatic carbocycles. The second-order valence-electron chi connectivity index (χ2n) is 4.83. The number of hydrogen-bond donors (Lipinski definition) is 0. The highest BCUT2D eigenvalue weighted by Crippen LogP contribution is 2.40. The van der Waals surface area contributed by atoms with Gasteiger partial charge in [-0.25, -0.2) is 0 Å². The second kappa shape index (κ2) is 7.23. The van der Waals surface area contributed by atoms with Crippen LogP contribution in [-0.4, -0.2) is 12.1 Å². The summed E-state index contributed by atoms with van der Waals surface area (Å²) in [5.41, 5.74) is 3.57. The molecule has 1 aliphatic carbocycles. The summed E-state index contributed by atoms with van der Waals surface area (Å²) in [5.74, 6) is 1.80. The molecule has 0 fully saturated rings. The van der Waals surface area contributed by atoms with Gasteiger partial charge in [0.25, 0.3) is 0 Å². The first-order valence-electron chi connectivity index (χ1n) is 7.52. The van der Waals surface area contributed by atoms with E-state index >= 15 is 0 Å². The molecule has 1 aliphatic rings. The maximum Gasteiger partial charge on any atom is 0.133 e. The van der Waals surface area contributed by atoms with Crippen LogP contribution in [0, 0.1) is 6.92 Å². The predicted molar refractivity (Wildman–Crippen MR) is 84.9 cm³/mol. The molecule has 112 valence electrons. The highest BCUT2D eigenvalue weighted by molar-refractivity contribution is 5.47. The monoisotopic (exact) mass is 285 g/mol. The third-order valence-electron chi connectivity index (χ3n) is 3.65. The number of fused-ring (bicyclic) bond motifs is 1. The Morgan fingerprint density at radius 1 is 1.14 bits per heavy atom. The summed E-state index contributed by atoms with van der Waals surface area (Å²) < 4.78 is 11.6. The summed E-state index contributed by atoms with van der Waals surface area (Å²) in [6, 6.07) is 8.08. The van der Waals surface area contributed by atoms with Crippen LogP contribution in [-0.2, 0) is 11.2 Å². The van der Waals surface area contributed by atoms with Crippen molar-refractivity contribution in [1.82, 2.24) is 4.98 Å². The fraction of sp³-hybridized carbons (Fsp3) is 0.389. The van der Waals surface area contributed by atoms with E-state index in [-0.39, 0.29) is 6.10 Å². The lowest BCUT2D eigenvalue weighted by atomic mass is 10.1. The molecular formula is C18H23NO2. The number of rotatable bonds is 3. The summed E-state index contributed by atoms with van der Waals surface area (Å²) >= 11 is 0. The second-order valence-corrected chi connectivity index (χ2v) is 4.83. The van der Waals surface area contributed by atoms with Crippen molar-refractivity contribution in [3.63, 3.8) is 0 Å². The maximum atomic E-state index is 6.05. The third-order valence-corrected chi connectivity index (χ3v) is 3.65. The zero-order chi connectivity index (χ0) is 15.2. The molecular weight excluding hydrogens is 262 g/mol. The van der Waals surface area contributed by atoms with Gasteiger partial charge in [0.1, 0.15) is 11.5 Å². The van der Waals surface area contributed by atoms with Crippen molar-refractivity contribution in [2.75, 3.05) is 7.11 Å². The van der Waals surface area contributed by atoms with E-state index in [0.717, 1.165) is 29.9 Å². The van der Waals surface area contributed by atoms with Gasteiger partial charge in [0, 0.05) is 30.6 Å². The van der Waals surface area contributed by atoms with Gasteiger partial charge in [0.15, 0.2) is 0 Å². The lowest BCUT2D eigenvalue weighted by Gasteiger charge is -2.13. The Hall–Kier alpha value is -1.87. The van der Waals surface area contributed by atoms with Crippen LogP contribution in [0.3, 0.4) is 0 Å². The van der Waals surface area contributed by atoms with Crippen LogP contribution < -0.4 is 4.74 Å². The number of nitrogens with zero attached hydrogens (tertiary/aromatic N) is 1. The number of benzene rings is 1. The molecule has 0 saturated heterocycles. The van der Waals surface area contributed by atoms with Crippen LogP contribution in [0.1, 0.15) is 43.1 Å². The summed E-state index contributed by atoms with van der Waals surface area (Å²) in [5, 5.41) is 0. The molecule has 21 heavy (non-hydrogen) atoms.